The lowest BCUT2D eigenvalue weighted by Gasteiger charge is -2.10. The van der Waals surface area contributed by atoms with Crippen molar-refractivity contribution < 1.29 is 33.3 Å². The summed E-state index contributed by atoms with van der Waals surface area (Å²) in [6, 6.07) is 10.8. The quantitative estimate of drug-likeness (QED) is 0.486. The van der Waals surface area contributed by atoms with Crippen LogP contribution in [0, 0.1) is 0 Å². The van der Waals surface area contributed by atoms with Crippen LogP contribution in [-0.4, -0.2) is 38.2 Å². The molecule has 1 aromatic heterocycles. The van der Waals surface area contributed by atoms with Gasteiger partial charge in [-0.1, -0.05) is 36.4 Å². The molecule has 0 atom stereocenters. The predicted molar refractivity (Wildman–Crippen MR) is 103 cm³/mol. The fraction of sp³-hybridized carbons (Fsp3) is 0.143. The molecule has 1 heterocycles. The van der Waals surface area contributed by atoms with E-state index in [0.717, 1.165) is 5.56 Å². The Morgan fingerprint density at radius 1 is 1.04 bits per heavy atom. The van der Waals surface area contributed by atoms with E-state index in [9.17, 15) is 14.7 Å². The smallest absolute Gasteiger partial charge is 0.343 e. The van der Waals surface area contributed by atoms with Crippen LogP contribution in [0.1, 0.15) is 26.3 Å². The summed E-state index contributed by atoms with van der Waals surface area (Å²) in [7, 11) is 4.03. The van der Waals surface area contributed by atoms with Crippen molar-refractivity contribution in [1.29, 1.82) is 0 Å². The van der Waals surface area contributed by atoms with Gasteiger partial charge in [-0.15, -0.1) is 0 Å². The molecule has 144 valence electrons. The van der Waals surface area contributed by atoms with Gasteiger partial charge in [-0.25, -0.2) is 4.79 Å². The lowest BCUT2D eigenvalue weighted by atomic mass is 10.0. The highest BCUT2D eigenvalue weighted by molar-refractivity contribution is 6.16. The molecule has 0 spiro atoms. The number of hydrogen-bond acceptors (Lipinski definition) is 6. The Hall–Kier alpha value is -3.74. The van der Waals surface area contributed by atoms with Crippen LogP contribution in [0.3, 0.4) is 0 Å². The number of methoxy groups -OCH3 is 3. The van der Waals surface area contributed by atoms with Crippen molar-refractivity contribution >= 4 is 28.8 Å². The van der Waals surface area contributed by atoms with Crippen LogP contribution >= 0.6 is 0 Å². The monoisotopic (exact) mass is 382 g/mol. The number of hydrogen-bond donors (Lipinski definition) is 1. The van der Waals surface area contributed by atoms with Crippen molar-refractivity contribution in [3.05, 3.63) is 59.2 Å². The first-order chi connectivity index (χ1) is 13.5. The van der Waals surface area contributed by atoms with E-state index in [1.807, 2.05) is 30.3 Å². The van der Waals surface area contributed by atoms with E-state index in [-0.39, 0.29) is 45.3 Å². The summed E-state index contributed by atoms with van der Waals surface area (Å²) in [5, 5.41) is 9.71. The number of allylic oxidation sites excluding steroid dienone is 1. The van der Waals surface area contributed by atoms with E-state index in [1.165, 1.54) is 33.5 Å². The van der Waals surface area contributed by atoms with E-state index >= 15 is 0 Å². The molecule has 0 aliphatic rings. The molecular formula is C21H18O7. The first-order valence-corrected chi connectivity index (χ1v) is 8.28. The van der Waals surface area contributed by atoms with Gasteiger partial charge in [0.2, 0.25) is 0 Å². The fourth-order valence-corrected chi connectivity index (χ4v) is 2.91. The average molecular weight is 382 g/mol. The maximum atomic E-state index is 12.8. The van der Waals surface area contributed by atoms with E-state index in [0.29, 0.717) is 0 Å². The van der Waals surface area contributed by atoms with Gasteiger partial charge >= 0.3 is 11.9 Å². The normalized spacial score (nSPS) is 11.0. The number of fused-ring (bicyclic) bond motifs is 1. The van der Waals surface area contributed by atoms with Crippen molar-refractivity contribution in [3.8, 4) is 17.4 Å². The molecule has 1 N–H and O–H groups in total. The van der Waals surface area contributed by atoms with Crippen LogP contribution in [0.25, 0.3) is 17.0 Å². The second-order valence-corrected chi connectivity index (χ2v) is 5.75. The van der Waals surface area contributed by atoms with Gasteiger partial charge in [0.25, 0.3) is 0 Å². The minimum Gasteiger partial charge on any atom is -0.495 e. The number of benzene rings is 2. The van der Waals surface area contributed by atoms with Crippen molar-refractivity contribution in [2.45, 2.75) is 0 Å². The highest BCUT2D eigenvalue weighted by Crippen LogP contribution is 2.44. The Morgan fingerprint density at radius 2 is 1.75 bits per heavy atom. The Bertz CT molecular complexity index is 1060. The zero-order chi connectivity index (χ0) is 20.3. The minimum absolute atomic E-state index is 0.0722. The molecule has 3 aromatic rings. The van der Waals surface area contributed by atoms with Crippen LogP contribution in [-0.2, 0) is 0 Å². The largest absolute Gasteiger partial charge is 0.495 e. The number of furan rings is 1. The zero-order valence-electron chi connectivity index (χ0n) is 15.5. The van der Waals surface area contributed by atoms with Gasteiger partial charge in [0, 0.05) is 0 Å². The third-order valence-corrected chi connectivity index (χ3v) is 4.16. The van der Waals surface area contributed by atoms with Crippen molar-refractivity contribution in [2.24, 2.45) is 0 Å². The third-order valence-electron chi connectivity index (χ3n) is 4.16. The van der Waals surface area contributed by atoms with Crippen LogP contribution in [0.2, 0.25) is 0 Å². The molecule has 0 aliphatic heterocycles. The van der Waals surface area contributed by atoms with E-state index < -0.39 is 5.97 Å². The summed E-state index contributed by atoms with van der Waals surface area (Å²) in [4.78, 5) is 24.6. The third kappa shape index (κ3) is 3.29. The summed E-state index contributed by atoms with van der Waals surface area (Å²) in [5.74, 6) is -1.60. The average Bonchev–Trinajstić information content (AvgIpc) is 3.11. The number of carboxylic acids is 1. The lowest BCUT2D eigenvalue weighted by Crippen LogP contribution is -2.04. The molecule has 2 aromatic carbocycles. The molecule has 0 saturated carbocycles. The SMILES string of the molecule is COc1oc2c(OC)cc(C(=O)C=Cc3ccccc3)c(OC)c2c1C(=O)O. The molecule has 0 radical (unpaired) electrons. The summed E-state index contributed by atoms with van der Waals surface area (Å²) in [5.41, 5.74) is 0.871. The van der Waals surface area contributed by atoms with E-state index in [2.05, 4.69) is 0 Å². The van der Waals surface area contributed by atoms with Crippen molar-refractivity contribution in [1.82, 2.24) is 0 Å². The van der Waals surface area contributed by atoms with Gasteiger partial charge in [0.15, 0.2) is 22.7 Å². The Balaban J connectivity index is 2.22. The second kappa shape index (κ2) is 7.87. The first kappa shape index (κ1) is 19.0. The van der Waals surface area contributed by atoms with Gasteiger partial charge in [-0.3, -0.25) is 4.79 Å². The van der Waals surface area contributed by atoms with Crippen molar-refractivity contribution in [2.75, 3.05) is 21.3 Å². The minimum atomic E-state index is -1.28. The molecule has 0 amide bonds. The summed E-state index contributed by atoms with van der Waals surface area (Å²) < 4.78 is 21.2. The number of ketones is 1. The Kier molecular flexibility index (Phi) is 5.35. The standard InChI is InChI=1S/C21H18O7/c1-25-15-11-13(14(22)10-9-12-7-5-4-6-8-12)18(26-2)16-17(20(23)24)21(27-3)28-19(15)16/h4-11H,1-3H3,(H,23,24). The second-order valence-electron chi connectivity index (χ2n) is 5.75. The first-order valence-electron chi connectivity index (χ1n) is 8.28. The zero-order valence-corrected chi connectivity index (χ0v) is 15.5. The van der Waals surface area contributed by atoms with Gasteiger partial charge in [0.1, 0.15) is 5.75 Å². The summed E-state index contributed by atoms with van der Waals surface area (Å²) >= 11 is 0. The highest BCUT2D eigenvalue weighted by Gasteiger charge is 2.30. The summed E-state index contributed by atoms with van der Waals surface area (Å²) in [6.45, 7) is 0. The Morgan fingerprint density at radius 3 is 2.32 bits per heavy atom. The molecule has 0 fully saturated rings. The number of ether oxygens (including phenoxy) is 3. The van der Waals surface area contributed by atoms with Crippen molar-refractivity contribution in [3.63, 3.8) is 0 Å². The number of carbonyl (C=O) groups is 2. The highest BCUT2D eigenvalue weighted by atomic mass is 16.6. The number of carbonyl (C=O) groups excluding carboxylic acids is 1. The van der Waals surface area contributed by atoms with Gasteiger partial charge in [-0.05, 0) is 17.7 Å². The number of carboxylic acid groups (broad SMARTS) is 1. The summed E-state index contributed by atoms with van der Waals surface area (Å²) in [6.07, 6.45) is 3.04. The molecule has 0 aliphatic carbocycles. The number of rotatable bonds is 7. The number of aromatic carboxylic acids is 1. The molecule has 28 heavy (non-hydrogen) atoms. The van der Waals surface area contributed by atoms with Gasteiger partial charge in [-0.2, -0.15) is 0 Å². The van der Waals surface area contributed by atoms with E-state index in [4.69, 9.17) is 18.6 Å². The maximum Gasteiger partial charge on any atom is 0.343 e. The predicted octanol–water partition coefficient (Wildman–Crippen LogP) is 4.05. The maximum absolute atomic E-state index is 12.8. The Labute approximate surface area is 160 Å². The van der Waals surface area contributed by atoms with Gasteiger partial charge < -0.3 is 23.7 Å². The molecule has 0 bridgehead atoms. The van der Waals surface area contributed by atoms with Crippen LogP contribution < -0.4 is 14.2 Å². The molecule has 3 rings (SSSR count). The molecule has 0 saturated heterocycles. The lowest BCUT2D eigenvalue weighted by molar-refractivity contribution is 0.0692. The molecular weight excluding hydrogens is 364 g/mol. The topological polar surface area (TPSA) is 95.2 Å². The van der Waals surface area contributed by atoms with Gasteiger partial charge in [0.05, 0.1) is 32.3 Å². The van der Waals surface area contributed by atoms with Crippen LogP contribution in [0.15, 0.2) is 46.9 Å². The molecule has 7 heteroatoms. The van der Waals surface area contributed by atoms with Crippen LogP contribution in [0.4, 0.5) is 0 Å². The van der Waals surface area contributed by atoms with E-state index in [1.54, 1.807) is 6.08 Å². The van der Waals surface area contributed by atoms with Crippen LogP contribution in [0.5, 0.6) is 17.4 Å². The fourth-order valence-electron chi connectivity index (χ4n) is 2.91. The molecule has 0 unspecified atom stereocenters. The molecule has 7 nitrogen and oxygen atoms in total.